The summed E-state index contributed by atoms with van der Waals surface area (Å²) in [5.74, 6) is 0.728. The summed E-state index contributed by atoms with van der Waals surface area (Å²) >= 11 is 12.7. The van der Waals surface area contributed by atoms with Gasteiger partial charge in [-0.1, -0.05) is 22.9 Å². The molecule has 0 radical (unpaired) electrons. The topological polar surface area (TPSA) is 93.4 Å². The summed E-state index contributed by atoms with van der Waals surface area (Å²) in [5.41, 5.74) is 1.96. The fourth-order valence-corrected chi connectivity index (χ4v) is 3.99. The second-order valence-electron chi connectivity index (χ2n) is 6.18. The number of fused-ring (bicyclic) bond motifs is 1. The number of thiocarbonyl (C=S) groups is 1. The second kappa shape index (κ2) is 8.34. The van der Waals surface area contributed by atoms with Gasteiger partial charge in [0, 0.05) is 16.3 Å². The van der Waals surface area contributed by atoms with Gasteiger partial charge in [-0.25, -0.2) is 0 Å². The molecule has 0 atom stereocenters. The van der Waals surface area contributed by atoms with Crippen LogP contribution in [0.4, 0.5) is 5.69 Å². The van der Waals surface area contributed by atoms with Crippen LogP contribution in [0.1, 0.15) is 16.2 Å². The smallest absolute Gasteiger partial charge is 0.261 e. The Morgan fingerprint density at radius 2 is 1.97 bits per heavy atom. The Bertz CT molecular complexity index is 1250. The van der Waals surface area contributed by atoms with Crippen LogP contribution < -0.4 is 15.4 Å². The number of halogens is 1. The van der Waals surface area contributed by atoms with Gasteiger partial charge in [0.25, 0.3) is 5.91 Å². The van der Waals surface area contributed by atoms with Crippen LogP contribution in [-0.2, 0) is 0 Å². The van der Waals surface area contributed by atoms with Crippen molar-refractivity contribution in [2.75, 3.05) is 12.4 Å². The fourth-order valence-electron chi connectivity index (χ4n) is 2.72. The number of rotatable bonds is 4. The quantitative estimate of drug-likeness (QED) is 0.447. The molecule has 0 spiro atoms. The molecule has 1 amide bonds. The molecule has 0 aliphatic carbocycles. The van der Waals surface area contributed by atoms with Gasteiger partial charge in [-0.2, -0.15) is 9.61 Å². The first-order valence-electron chi connectivity index (χ1n) is 8.70. The standard InChI is InChI=1S/C19H15ClN6O2S2/c1-10-23-24-19-26(10)25-17(30-19)11-3-6-13(7-4-11)21-18(29)22-16(27)14-9-12(20)5-8-15(14)28-2/h3-9H,1-2H3,(H2,21,22,27,29). The zero-order valence-electron chi connectivity index (χ0n) is 15.8. The van der Waals surface area contributed by atoms with E-state index in [1.54, 1.807) is 16.6 Å². The third-order valence-corrected chi connectivity index (χ3v) is 5.56. The number of carbonyl (C=O) groups is 1. The molecule has 2 aromatic carbocycles. The number of aryl methyl sites for hydroxylation is 1. The third-order valence-electron chi connectivity index (χ3n) is 4.17. The lowest BCUT2D eigenvalue weighted by Gasteiger charge is -2.12. The molecule has 4 rings (SSSR count). The number of nitrogens with one attached hydrogen (secondary N) is 2. The number of carbonyl (C=O) groups excluding carboxylic acids is 1. The molecule has 0 saturated carbocycles. The van der Waals surface area contributed by atoms with Crippen LogP contribution in [0.25, 0.3) is 15.5 Å². The van der Waals surface area contributed by atoms with E-state index in [0.29, 0.717) is 16.3 Å². The average Bonchev–Trinajstić information content (AvgIpc) is 3.30. The Labute approximate surface area is 185 Å². The molecule has 2 N–H and O–H groups in total. The number of anilines is 1. The Hall–Kier alpha value is -3.08. The molecule has 0 aliphatic heterocycles. The van der Waals surface area contributed by atoms with Gasteiger partial charge in [0.15, 0.2) is 10.9 Å². The molecule has 0 aliphatic rings. The van der Waals surface area contributed by atoms with Crippen LogP contribution in [0.5, 0.6) is 5.75 Å². The predicted octanol–water partition coefficient (Wildman–Crippen LogP) is 3.95. The van der Waals surface area contributed by atoms with Crippen LogP contribution in [0.2, 0.25) is 5.02 Å². The highest BCUT2D eigenvalue weighted by atomic mass is 35.5. The first-order chi connectivity index (χ1) is 14.4. The van der Waals surface area contributed by atoms with E-state index in [1.165, 1.54) is 24.5 Å². The Kier molecular flexibility index (Phi) is 5.62. The molecular formula is C19H15ClN6O2S2. The number of hydrogen-bond donors (Lipinski definition) is 2. The summed E-state index contributed by atoms with van der Waals surface area (Å²) in [5, 5.41) is 19.6. The van der Waals surface area contributed by atoms with Crippen molar-refractivity contribution in [3.63, 3.8) is 0 Å². The van der Waals surface area contributed by atoms with Crippen molar-refractivity contribution in [3.8, 4) is 16.3 Å². The maximum Gasteiger partial charge on any atom is 0.261 e. The maximum atomic E-state index is 12.5. The summed E-state index contributed by atoms with van der Waals surface area (Å²) in [6.07, 6.45) is 0. The van der Waals surface area contributed by atoms with E-state index in [2.05, 4.69) is 25.9 Å². The highest BCUT2D eigenvalue weighted by Gasteiger charge is 2.15. The zero-order valence-corrected chi connectivity index (χ0v) is 18.2. The monoisotopic (exact) mass is 458 g/mol. The van der Waals surface area contributed by atoms with Crippen LogP contribution >= 0.6 is 35.2 Å². The molecule has 0 bridgehead atoms. The van der Waals surface area contributed by atoms with E-state index in [-0.39, 0.29) is 5.11 Å². The first-order valence-corrected chi connectivity index (χ1v) is 10.3. The molecule has 8 nitrogen and oxygen atoms in total. The molecular weight excluding hydrogens is 444 g/mol. The summed E-state index contributed by atoms with van der Waals surface area (Å²) in [4.78, 5) is 13.2. The number of hydrogen-bond acceptors (Lipinski definition) is 7. The van der Waals surface area contributed by atoms with E-state index in [1.807, 2.05) is 31.2 Å². The normalized spacial score (nSPS) is 10.8. The number of aromatic nitrogens is 4. The maximum absolute atomic E-state index is 12.5. The number of methoxy groups -OCH3 is 1. The van der Waals surface area contributed by atoms with Gasteiger partial charge in [0.05, 0.1) is 12.7 Å². The molecule has 2 aromatic heterocycles. The highest BCUT2D eigenvalue weighted by molar-refractivity contribution is 7.80. The van der Waals surface area contributed by atoms with Crippen molar-refractivity contribution in [2.45, 2.75) is 6.92 Å². The van der Waals surface area contributed by atoms with E-state index in [4.69, 9.17) is 28.6 Å². The van der Waals surface area contributed by atoms with Gasteiger partial charge in [0.2, 0.25) is 4.96 Å². The number of ether oxygens (including phenoxy) is 1. The van der Waals surface area contributed by atoms with Gasteiger partial charge in [-0.15, -0.1) is 10.2 Å². The van der Waals surface area contributed by atoms with Crippen LogP contribution in [0.3, 0.4) is 0 Å². The molecule has 0 fully saturated rings. The zero-order chi connectivity index (χ0) is 21.3. The van der Waals surface area contributed by atoms with Crippen molar-refractivity contribution in [1.82, 2.24) is 25.1 Å². The van der Waals surface area contributed by atoms with Crippen LogP contribution in [0, 0.1) is 6.92 Å². The molecule has 2 heterocycles. The van der Waals surface area contributed by atoms with Gasteiger partial charge in [-0.05, 0) is 61.6 Å². The SMILES string of the molecule is COc1ccc(Cl)cc1C(=O)NC(=S)Nc1ccc(-c2nn3c(C)nnc3s2)cc1. The molecule has 0 saturated heterocycles. The average molecular weight is 459 g/mol. The Morgan fingerprint density at radius 1 is 1.20 bits per heavy atom. The van der Waals surface area contributed by atoms with Crippen molar-refractivity contribution < 1.29 is 9.53 Å². The number of benzene rings is 2. The Balaban J connectivity index is 1.43. The number of amides is 1. The van der Waals surface area contributed by atoms with Gasteiger partial charge < -0.3 is 10.1 Å². The van der Waals surface area contributed by atoms with E-state index in [0.717, 1.165) is 27.0 Å². The first kappa shape index (κ1) is 20.2. The minimum absolute atomic E-state index is 0.157. The van der Waals surface area contributed by atoms with Crippen molar-refractivity contribution in [1.29, 1.82) is 0 Å². The third kappa shape index (κ3) is 4.11. The minimum Gasteiger partial charge on any atom is -0.496 e. The predicted molar refractivity (Wildman–Crippen MR) is 121 cm³/mol. The van der Waals surface area contributed by atoms with E-state index < -0.39 is 5.91 Å². The van der Waals surface area contributed by atoms with Crippen molar-refractivity contribution in [2.24, 2.45) is 0 Å². The lowest BCUT2D eigenvalue weighted by Crippen LogP contribution is -2.34. The van der Waals surface area contributed by atoms with Crippen molar-refractivity contribution in [3.05, 3.63) is 58.9 Å². The lowest BCUT2D eigenvalue weighted by molar-refractivity contribution is 0.0975. The van der Waals surface area contributed by atoms with Gasteiger partial charge >= 0.3 is 0 Å². The lowest BCUT2D eigenvalue weighted by atomic mass is 10.2. The summed E-state index contributed by atoms with van der Waals surface area (Å²) in [7, 11) is 1.48. The summed E-state index contributed by atoms with van der Waals surface area (Å²) < 4.78 is 6.91. The highest BCUT2D eigenvalue weighted by Crippen LogP contribution is 2.26. The minimum atomic E-state index is -0.418. The molecule has 0 unspecified atom stereocenters. The fraction of sp³-hybridized carbons (Fsp3) is 0.105. The summed E-state index contributed by atoms with van der Waals surface area (Å²) in [6.45, 7) is 1.85. The Morgan fingerprint density at radius 3 is 2.67 bits per heavy atom. The molecule has 11 heteroatoms. The molecule has 152 valence electrons. The van der Waals surface area contributed by atoms with Crippen LogP contribution in [-0.4, -0.2) is 37.9 Å². The molecule has 4 aromatic rings. The van der Waals surface area contributed by atoms with Gasteiger partial charge in [0.1, 0.15) is 10.8 Å². The largest absolute Gasteiger partial charge is 0.496 e. The van der Waals surface area contributed by atoms with Crippen LogP contribution in [0.15, 0.2) is 42.5 Å². The van der Waals surface area contributed by atoms with E-state index in [9.17, 15) is 4.79 Å². The van der Waals surface area contributed by atoms with Crippen molar-refractivity contribution >= 4 is 56.8 Å². The number of nitrogens with zero attached hydrogens (tertiary/aromatic N) is 4. The van der Waals surface area contributed by atoms with Gasteiger partial charge in [-0.3, -0.25) is 10.1 Å². The second-order valence-corrected chi connectivity index (χ2v) is 7.98. The van der Waals surface area contributed by atoms with E-state index >= 15 is 0 Å². The molecule has 30 heavy (non-hydrogen) atoms. The summed E-state index contributed by atoms with van der Waals surface area (Å²) in [6, 6.07) is 12.3.